The fraction of sp³-hybridized carbons (Fsp3) is 0.429. The third-order valence-electron chi connectivity index (χ3n) is 3.27. The molecular formula is C14H18N2O2. The van der Waals surface area contributed by atoms with Gasteiger partial charge >= 0.3 is 0 Å². The number of amides is 2. The topological polar surface area (TPSA) is 58.2 Å². The van der Waals surface area contributed by atoms with Crippen molar-refractivity contribution in [1.82, 2.24) is 10.6 Å². The molecule has 1 saturated heterocycles. The summed E-state index contributed by atoms with van der Waals surface area (Å²) < 4.78 is 0. The van der Waals surface area contributed by atoms with E-state index >= 15 is 0 Å². The van der Waals surface area contributed by atoms with Crippen molar-refractivity contribution < 1.29 is 9.59 Å². The smallest absolute Gasteiger partial charge is 0.242 e. The third-order valence-corrected chi connectivity index (χ3v) is 3.27. The summed E-state index contributed by atoms with van der Waals surface area (Å²) >= 11 is 0. The molecule has 1 aromatic rings. The van der Waals surface area contributed by atoms with Crippen LogP contribution in [0, 0.1) is 6.92 Å². The third kappa shape index (κ3) is 3.09. The van der Waals surface area contributed by atoms with Crippen molar-refractivity contribution in [3.63, 3.8) is 0 Å². The lowest BCUT2D eigenvalue weighted by atomic mass is 10.1. The monoisotopic (exact) mass is 246 g/mol. The molecule has 0 aliphatic carbocycles. The molecule has 1 atom stereocenters. The highest BCUT2D eigenvalue weighted by atomic mass is 16.2. The molecule has 0 radical (unpaired) electrons. The zero-order chi connectivity index (χ0) is 13.0. The Hall–Kier alpha value is -1.84. The Balaban J connectivity index is 1.77. The van der Waals surface area contributed by atoms with E-state index < -0.39 is 0 Å². The highest BCUT2D eigenvalue weighted by Crippen LogP contribution is 2.08. The van der Waals surface area contributed by atoms with E-state index in [1.165, 1.54) is 11.1 Å². The van der Waals surface area contributed by atoms with Crippen molar-refractivity contribution in [2.45, 2.75) is 32.2 Å². The average Bonchev–Trinajstić information content (AvgIpc) is 2.78. The molecule has 0 spiro atoms. The van der Waals surface area contributed by atoms with Gasteiger partial charge in [0, 0.05) is 13.0 Å². The Kier molecular flexibility index (Phi) is 3.97. The van der Waals surface area contributed by atoms with Crippen LogP contribution >= 0.6 is 0 Å². The average molecular weight is 246 g/mol. The first-order chi connectivity index (χ1) is 8.66. The number of aryl methyl sites for hydroxylation is 1. The molecule has 4 nitrogen and oxygen atoms in total. The zero-order valence-corrected chi connectivity index (χ0v) is 10.5. The van der Waals surface area contributed by atoms with E-state index in [2.05, 4.69) is 29.7 Å². The number of carbonyl (C=O) groups is 2. The minimum Gasteiger partial charge on any atom is -0.354 e. The van der Waals surface area contributed by atoms with Crippen LogP contribution in [0.4, 0.5) is 0 Å². The van der Waals surface area contributed by atoms with Gasteiger partial charge in [-0.15, -0.1) is 0 Å². The van der Waals surface area contributed by atoms with Crippen LogP contribution in [0.5, 0.6) is 0 Å². The number of benzene rings is 1. The largest absolute Gasteiger partial charge is 0.354 e. The van der Waals surface area contributed by atoms with E-state index in [0.29, 0.717) is 19.4 Å². The van der Waals surface area contributed by atoms with Crippen molar-refractivity contribution in [2.24, 2.45) is 0 Å². The molecule has 1 aromatic carbocycles. The summed E-state index contributed by atoms with van der Waals surface area (Å²) in [6.07, 6.45) is 1.88. The van der Waals surface area contributed by atoms with E-state index in [4.69, 9.17) is 0 Å². The van der Waals surface area contributed by atoms with Crippen LogP contribution in [0.25, 0.3) is 0 Å². The van der Waals surface area contributed by atoms with Gasteiger partial charge in [-0.1, -0.05) is 24.3 Å². The molecule has 1 aliphatic rings. The molecule has 4 heteroatoms. The van der Waals surface area contributed by atoms with Crippen LogP contribution in [0.3, 0.4) is 0 Å². The normalized spacial score (nSPS) is 18.5. The maximum absolute atomic E-state index is 11.7. The molecule has 2 amide bonds. The molecule has 1 heterocycles. The minimum absolute atomic E-state index is 0.0333. The van der Waals surface area contributed by atoms with Crippen LogP contribution in [-0.2, 0) is 16.0 Å². The van der Waals surface area contributed by atoms with Gasteiger partial charge in [-0.25, -0.2) is 0 Å². The molecule has 2 N–H and O–H groups in total. The molecule has 0 bridgehead atoms. The minimum atomic E-state index is -0.339. The maximum atomic E-state index is 11.7. The molecule has 0 aromatic heterocycles. The number of hydrogen-bond donors (Lipinski definition) is 2. The predicted octanol–water partition coefficient (Wildman–Crippen LogP) is 0.932. The molecule has 0 saturated carbocycles. The van der Waals surface area contributed by atoms with Gasteiger partial charge in [0.2, 0.25) is 11.8 Å². The fourth-order valence-electron chi connectivity index (χ4n) is 2.14. The molecule has 1 unspecified atom stereocenters. The zero-order valence-electron chi connectivity index (χ0n) is 10.5. The van der Waals surface area contributed by atoms with E-state index in [1.807, 2.05) is 12.1 Å². The standard InChI is InChI=1S/C14H18N2O2/c1-10-4-2-3-5-11(10)8-9-15-14(18)12-6-7-13(17)16-12/h2-5,12H,6-9H2,1H3,(H,15,18)(H,16,17). The second-order valence-electron chi connectivity index (χ2n) is 4.63. The Bertz CT molecular complexity index is 457. The number of rotatable bonds is 4. The molecule has 96 valence electrons. The Labute approximate surface area is 107 Å². The number of carbonyl (C=O) groups excluding carboxylic acids is 2. The molecule has 2 rings (SSSR count). The fourth-order valence-corrected chi connectivity index (χ4v) is 2.14. The van der Waals surface area contributed by atoms with Gasteiger partial charge in [-0.05, 0) is 30.9 Å². The number of nitrogens with one attached hydrogen (secondary N) is 2. The summed E-state index contributed by atoms with van der Waals surface area (Å²) in [5.74, 6) is -0.108. The van der Waals surface area contributed by atoms with E-state index in [0.717, 1.165) is 6.42 Å². The molecule has 1 aliphatic heterocycles. The van der Waals surface area contributed by atoms with Gasteiger partial charge < -0.3 is 10.6 Å². The van der Waals surface area contributed by atoms with E-state index in [-0.39, 0.29) is 17.9 Å². The van der Waals surface area contributed by atoms with Crippen LogP contribution in [-0.4, -0.2) is 24.4 Å². The van der Waals surface area contributed by atoms with Crippen molar-refractivity contribution in [3.8, 4) is 0 Å². The second-order valence-corrected chi connectivity index (χ2v) is 4.63. The summed E-state index contributed by atoms with van der Waals surface area (Å²) in [5, 5.41) is 5.53. The highest BCUT2D eigenvalue weighted by molar-refractivity contribution is 5.90. The lowest BCUT2D eigenvalue weighted by Gasteiger charge is -2.11. The summed E-state index contributed by atoms with van der Waals surface area (Å²) in [6.45, 7) is 2.67. The summed E-state index contributed by atoms with van der Waals surface area (Å²) in [5.41, 5.74) is 2.48. The first kappa shape index (κ1) is 12.6. The van der Waals surface area contributed by atoms with Gasteiger partial charge in [0.15, 0.2) is 0 Å². The van der Waals surface area contributed by atoms with Gasteiger partial charge in [-0.2, -0.15) is 0 Å². The van der Waals surface area contributed by atoms with E-state index in [1.54, 1.807) is 0 Å². The van der Waals surface area contributed by atoms with Crippen LogP contribution in [0.2, 0.25) is 0 Å². The Morgan fingerprint density at radius 2 is 2.22 bits per heavy atom. The number of hydrogen-bond acceptors (Lipinski definition) is 2. The molecule has 1 fully saturated rings. The van der Waals surface area contributed by atoms with Gasteiger partial charge in [0.1, 0.15) is 6.04 Å². The highest BCUT2D eigenvalue weighted by Gasteiger charge is 2.26. The first-order valence-electron chi connectivity index (χ1n) is 6.28. The van der Waals surface area contributed by atoms with Crippen molar-refractivity contribution in [3.05, 3.63) is 35.4 Å². The van der Waals surface area contributed by atoms with Gasteiger partial charge in [0.05, 0.1) is 0 Å². The van der Waals surface area contributed by atoms with Crippen LogP contribution < -0.4 is 10.6 Å². The van der Waals surface area contributed by atoms with Crippen LogP contribution in [0.15, 0.2) is 24.3 Å². The Morgan fingerprint density at radius 1 is 1.44 bits per heavy atom. The van der Waals surface area contributed by atoms with Gasteiger partial charge in [-0.3, -0.25) is 9.59 Å². The SMILES string of the molecule is Cc1ccccc1CCNC(=O)C1CCC(=O)N1. The molecule has 18 heavy (non-hydrogen) atoms. The van der Waals surface area contributed by atoms with Crippen LogP contribution in [0.1, 0.15) is 24.0 Å². The first-order valence-corrected chi connectivity index (χ1v) is 6.28. The van der Waals surface area contributed by atoms with E-state index in [9.17, 15) is 9.59 Å². The van der Waals surface area contributed by atoms with Gasteiger partial charge in [0.25, 0.3) is 0 Å². The lowest BCUT2D eigenvalue weighted by molar-refractivity contribution is -0.125. The van der Waals surface area contributed by atoms with Crippen molar-refractivity contribution >= 4 is 11.8 Å². The second kappa shape index (κ2) is 5.67. The summed E-state index contributed by atoms with van der Waals surface area (Å²) in [6, 6.07) is 7.80. The predicted molar refractivity (Wildman–Crippen MR) is 69.1 cm³/mol. The maximum Gasteiger partial charge on any atom is 0.242 e. The summed E-state index contributed by atoms with van der Waals surface area (Å²) in [4.78, 5) is 22.7. The lowest BCUT2D eigenvalue weighted by Crippen LogP contribution is -2.42. The van der Waals surface area contributed by atoms with Crippen molar-refractivity contribution in [1.29, 1.82) is 0 Å². The molecular weight excluding hydrogens is 228 g/mol. The Morgan fingerprint density at radius 3 is 2.89 bits per heavy atom. The summed E-state index contributed by atoms with van der Waals surface area (Å²) in [7, 11) is 0. The van der Waals surface area contributed by atoms with Crippen molar-refractivity contribution in [2.75, 3.05) is 6.54 Å². The quantitative estimate of drug-likeness (QED) is 0.830.